The second-order valence-corrected chi connectivity index (χ2v) is 7.29. The van der Waals surface area contributed by atoms with Crippen molar-refractivity contribution < 1.29 is 4.79 Å². The van der Waals surface area contributed by atoms with Crippen LogP contribution in [0.2, 0.25) is 0 Å². The normalized spacial score (nSPS) is 12.4. The van der Waals surface area contributed by atoms with Gasteiger partial charge in [-0.1, -0.05) is 35.0 Å². The highest BCUT2D eigenvalue weighted by molar-refractivity contribution is 9.11. The fourth-order valence-electron chi connectivity index (χ4n) is 2.54. The molecule has 2 aromatic rings. The molecule has 0 bridgehead atoms. The van der Waals surface area contributed by atoms with E-state index in [9.17, 15) is 0 Å². The largest absolute Gasteiger partial charge is 0.368 e. The number of nitriles is 1. The Bertz CT molecular complexity index is 900. The van der Waals surface area contributed by atoms with Crippen LogP contribution in [-0.2, 0) is 4.79 Å². The van der Waals surface area contributed by atoms with Crippen molar-refractivity contribution in [3.63, 3.8) is 0 Å². The number of carbonyl (C=O) groups is 1. The molecule has 0 unspecified atom stereocenters. The summed E-state index contributed by atoms with van der Waals surface area (Å²) in [6, 6.07) is 11.9. The van der Waals surface area contributed by atoms with Crippen LogP contribution in [0.5, 0.6) is 0 Å². The van der Waals surface area contributed by atoms with Crippen LogP contribution in [-0.4, -0.2) is 24.3 Å². The van der Waals surface area contributed by atoms with Gasteiger partial charge in [0.25, 0.3) is 0 Å². The Hall–Kier alpha value is -2.47. The third-order valence-corrected chi connectivity index (χ3v) is 5.61. The number of aldehydes is 1. The van der Waals surface area contributed by atoms with Crippen LogP contribution in [0.1, 0.15) is 43.7 Å². The standard InChI is InChI=1S/C19H22BrN5S.C2H4O/c1-4-17(24-19(22)25(23-3)13(2)10-20)18-9-16(12-26-18)15-7-5-6-14(8-15)11-21;1-2-3/h5-10,12,17,23H,4H2,1-3H3,(H2,22,24);2H,1H3/b13-10+;/t17-;/m0./s1. The summed E-state index contributed by atoms with van der Waals surface area (Å²) in [7, 11) is 1.80. The Morgan fingerprint density at radius 3 is 2.69 bits per heavy atom. The number of benzene rings is 1. The SMILES string of the molecule is CC=O.CC[C@H](N=C(N)N(NC)/C(C)=C/Br)c1cc(-c2cccc(C#N)c2)cs1. The van der Waals surface area contributed by atoms with Crippen LogP contribution >= 0.6 is 27.3 Å². The molecule has 1 atom stereocenters. The minimum atomic E-state index is -0.0214. The molecule has 1 aromatic carbocycles. The third kappa shape index (κ3) is 7.13. The van der Waals surface area contributed by atoms with Crippen molar-refractivity contribution >= 4 is 39.5 Å². The van der Waals surface area contributed by atoms with Crippen molar-refractivity contribution in [3.05, 3.63) is 56.8 Å². The van der Waals surface area contributed by atoms with Crippen molar-refractivity contribution in [3.8, 4) is 17.2 Å². The fourth-order valence-corrected chi connectivity index (χ4v) is 3.78. The molecule has 2 rings (SSSR count). The molecule has 0 fully saturated rings. The Labute approximate surface area is 184 Å². The molecule has 1 aromatic heterocycles. The Kier molecular flexibility index (Phi) is 10.9. The van der Waals surface area contributed by atoms with Gasteiger partial charge in [-0.2, -0.15) is 5.26 Å². The number of hydrogen-bond acceptors (Lipinski definition) is 5. The number of rotatable bonds is 6. The molecule has 0 aliphatic rings. The fraction of sp³-hybridized carbons (Fsp3) is 0.286. The number of guanidine groups is 1. The number of hydrogen-bond donors (Lipinski definition) is 2. The summed E-state index contributed by atoms with van der Waals surface area (Å²) in [6.45, 7) is 5.47. The van der Waals surface area contributed by atoms with Crippen molar-refractivity contribution in [1.29, 1.82) is 5.26 Å². The van der Waals surface area contributed by atoms with E-state index in [1.807, 2.05) is 31.2 Å². The number of carbonyl (C=O) groups excluding carboxylic acids is 1. The van der Waals surface area contributed by atoms with Gasteiger partial charge in [0.15, 0.2) is 0 Å². The average Bonchev–Trinajstić information content (AvgIpc) is 3.23. The summed E-state index contributed by atoms with van der Waals surface area (Å²) in [5.41, 5.74) is 12.9. The Morgan fingerprint density at radius 1 is 1.45 bits per heavy atom. The molecule has 0 saturated heterocycles. The lowest BCUT2D eigenvalue weighted by Gasteiger charge is -2.23. The van der Waals surface area contributed by atoms with Gasteiger partial charge in [-0.05, 0) is 55.0 Å². The molecule has 0 amide bonds. The summed E-state index contributed by atoms with van der Waals surface area (Å²) in [5.74, 6) is 0.411. The molecular weight excluding hydrogens is 450 g/mol. The summed E-state index contributed by atoms with van der Waals surface area (Å²) in [4.78, 5) is 16.4. The summed E-state index contributed by atoms with van der Waals surface area (Å²) >= 11 is 4.98. The Balaban J connectivity index is 0.00000132. The molecule has 29 heavy (non-hydrogen) atoms. The van der Waals surface area contributed by atoms with Crippen molar-refractivity contribution in [2.75, 3.05) is 7.05 Å². The zero-order valence-corrected chi connectivity index (χ0v) is 19.4. The maximum Gasteiger partial charge on any atom is 0.211 e. The zero-order valence-electron chi connectivity index (χ0n) is 17.0. The van der Waals surface area contributed by atoms with Crippen molar-refractivity contribution in [1.82, 2.24) is 10.4 Å². The predicted molar refractivity (Wildman–Crippen MR) is 124 cm³/mol. The van der Waals surface area contributed by atoms with Crippen LogP contribution in [0.3, 0.4) is 0 Å². The minimum absolute atomic E-state index is 0.0214. The molecule has 1 heterocycles. The molecular formula is C21H26BrN5OS. The average molecular weight is 476 g/mol. The highest BCUT2D eigenvalue weighted by Crippen LogP contribution is 2.33. The van der Waals surface area contributed by atoms with Gasteiger partial charge in [-0.25, -0.2) is 10.4 Å². The number of thiophene rings is 1. The number of nitrogens with one attached hydrogen (secondary N) is 1. The second-order valence-electron chi connectivity index (χ2n) is 5.89. The van der Waals surface area contributed by atoms with Gasteiger partial charge >= 0.3 is 0 Å². The highest BCUT2D eigenvalue weighted by atomic mass is 79.9. The van der Waals surface area contributed by atoms with E-state index in [-0.39, 0.29) is 6.04 Å². The first-order chi connectivity index (χ1) is 13.9. The quantitative estimate of drug-likeness (QED) is 0.266. The van der Waals surface area contributed by atoms with Crippen molar-refractivity contribution in [2.24, 2.45) is 10.7 Å². The van der Waals surface area contributed by atoms with Gasteiger partial charge in [0, 0.05) is 22.6 Å². The van der Waals surface area contributed by atoms with Gasteiger partial charge in [-0.3, -0.25) is 5.01 Å². The highest BCUT2D eigenvalue weighted by Gasteiger charge is 2.15. The van der Waals surface area contributed by atoms with Crippen LogP contribution in [0.4, 0.5) is 0 Å². The van der Waals surface area contributed by atoms with Crippen molar-refractivity contribution in [2.45, 2.75) is 33.2 Å². The maximum atomic E-state index is 9.08. The van der Waals surface area contributed by atoms with Crippen LogP contribution in [0.25, 0.3) is 11.1 Å². The summed E-state index contributed by atoms with van der Waals surface area (Å²) < 4.78 is 0. The van der Waals surface area contributed by atoms with E-state index in [0.717, 1.165) is 34.4 Å². The lowest BCUT2D eigenvalue weighted by atomic mass is 10.1. The molecule has 0 radical (unpaired) electrons. The molecule has 154 valence electrons. The number of nitrogens with zero attached hydrogens (tertiary/aromatic N) is 3. The topological polar surface area (TPSA) is 94.5 Å². The second kappa shape index (κ2) is 12.9. The Morgan fingerprint density at radius 2 is 2.14 bits per heavy atom. The van der Waals surface area contributed by atoms with E-state index >= 15 is 0 Å². The predicted octanol–water partition coefficient (Wildman–Crippen LogP) is 4.95. The van der Waals surface area contributed by atoms with Crippen LogP contribution in [0.15, 0.2) is 51.4 Å². The number of nitrogens with two attached hydrogens (primary N) is 1. The smallest absolute Gasteiger partial charge is 0.211 e. The first-order valence-electron chi connectivity index (χ1n) is 9.02. The van der Waals surface area contributed by atoms with E-state index in [1.54, 1.807) is 28.4 Å². The molecule has 0 aliphatic heterocycles. The van der Waals surface area contributed by atoms with E-state index in [2.05, 4.69) is 45.8 Å². The zero-order chi connectivity index (χ0) is 21.8. The van der Waals surface area contributed by atoms with E-state index in [4.69, 9.17) is 20.8 Å². The summed E-state index contributed by atoms with van der Waals surface area (Å²) in [6.07, 6.45) is 1.59. The first-order valence-corrected chi connectivity index (χ1v) is 10.8. The molecule has 0 spiro atoms. The molecule has 3 N–H and O–H groups in total. The lowest BCUT2D eigenvalue weighted by molar-refractivity contribution is -0.106. The number of aliphatic imine (C=N–C) groups is 1. The van der Waals surface area contributed by atoms with Crippen LogP contribution in [0, 0.1) is 11.3 Å². The van der Waals surface area contributed by atoms with E-state index < -0.39 is 0 Å². The molecule has 6 nitrogen and oxygen atoms in total. The number of hydrazine groups is 1. The minimum Gasteiger partial charge on any atom is -0.368 e. The van der Waals surface area contributed by atoms with Gasteiger partial charge < -0.3 is 10.5 Å². The van der Waals surface area contributed by atoms with E-state index in [0.29, 0.717) is 11.5 Å². The van der Waals surface area contributed by atoms with Gasteiger partial charge in [-0.15, -0.1) is 11.3 Å². The molecule has 0 saturated carbocycles. The number of halogens is 1. The first kappa shape index (κ1) is 24.6. The molecule has 8 heteroatoms. The van der Waals surface area contributed by atoms with Gasteiger partial charge in [0.2, 0.25) is 5.96 Å². The molecule has 0 aliphatic carbocycles. The van der Waals surface area contributed by atoms with Crippen LogP contribution < -0.4 is 11.2 Å². The third-order valence-electron chi connectivity index (χ3n) is 3.91. The lowest BCUT2D eigenvalue weighted by Crippen LogP contribution is -2.44. The monoisotopic (exact) mass is 475 g/mol. The number of allylic oxidation sites excluding steroid dienone is 1. The van der Waals surface area contributed by atoms with Gasteiger partial charge in [0.1, 0.15) is 6.29 Å². The summed E-state index contributed by atoms with van der Waals surface area (Å²) in [5, 5.41) is 12.9. The van der Waals surface area contributed by atoms with E-state index in [1.165, 1.54) is 6.92 Å². The maximum absolute atomic E-state index is 9.08. The van der Waals surface area contributed by atoms with Gasteiger partial charge in [0.05, 0.1) is 17.7 Å².